The molecule has 3 aromatic heterocycles. The number of pyridine rings is 1. The molecule has 14 heteroatoms. The molecule has 11 nitrogen and oxygen atoms in total. The molecule has 3 aliphatic heterocycles. The fraction of sp³-hybridized carbons (Fsp3) is 0.485. The molecule has 2 atom stereocenters. The van der Waals surface area contributed by atoms with Gasteiger partial charge in [-0.25, -0.2) is 19.2 Å². The highest BCUT2D eigenvalue weighted by molar-refractivity contribution is 7.23. The van der Waals surface area contributed by atoms with E-state index in [1.54, 1.807) is 20.8 Å². The summed E-state index contributed by atoms with van der Waals surface area (Å²) in [6.07, 6.45) is 3.21. The van der Waals surface area contributed by atoms with Crippen LogP contribution in [0.2, 0.25) is 5.02 Å². The smallest absolute Gasteiger partial charge is 0.412 e. The zero-order chi connectivity index (χ0) is 33.2. The number of nitrogens with one attached hydrogen (secondary N) is 1. The average molecular weight is 679 g/mol. The van der Waals surface area contributed by atoms with Gasteiger partial charge in [0.2, 0.25) is 5.95 Å². The van der Waals surface area contributed by atoms with Gasteiger partial charge >= 0.3 is 6.09 Å². The van der Waals surface area contributed by atoms with E-state index in [-0.39, 0.29) is 33.3 Å². The van der Waals surface area contributed by atoms with Crippen LogP contribution in [-0.2, 0) is 22.7 Å². The van der Waals surface area contributed by atoms with Crippen LogP contribution in [0.3, 0.4) is 0 Å². The highest BCUT2D eigenvalue weighted by Crippen LogP contribution is 2.48. The fourth-order valence-corrected chi connectivity index (χ4v) is 8.37. The Kier molecular flexibility index (Phi) is 8.21. The minimum absolute atomic E-state index is 0.0749. The molecule has 0 bridgehead atoms. The Morgan fingerprint density at radius 2 is 1.91 bits per heavy atom. The van der Waals surface area contributed by atoms with Crippen LogP contribution in [0, 0.1) is 17.1 Å². The van der Waals surface area contributed by atoms with E-state index in [0.29, 0.717) is 40.4 Å². The first-order valence-corrected chi connectivity index (χ1v) is 16.9. The number of carbonyl (C=O) groups excluding carboxylic acids is 1. The number of fused-ring (bicyclic) bond motifs is 4. The Bertz CT molecular complexity index is 1950. The first kappa shape index (κ1) is 31.9. The zero-order valence-electron chi connectivity index (χ0n) is 27.0. The molecule has 2 saturated heterocycles. The Labute approximate surface area is 281 Å². The van der Waals surface area contributed by atoms with Crippen LogP contribution in [-0.4, -0.2) is 88.3 Å². The third-order valence-electron chi connectivity index (χ3n) is 9.30. The summed E-state index contributed by atoms with van der Waals surface area (Å²) in [4.78, 5) is 34.2. The standard InChI is InChI=1S/C33H36ClFN8O3S/c1-17-23(42-10-8-41(5)9-11-42)6-7-43(17)31-38-13-19-20-15-45-16-21(20)24(26(34)27(19)39-31)28-25-18(12-36)30(40-32(44)46-33(2,3)4)47-29(25)22(35)14-37-28/h13-14,17,23H,6-11,15-16H2,1-5H3,(H,40,44)/t17-,23-/m1/s1. The van der Waals surface area contributed by atoms with E-state index in [1.807, 2.05) is 6.20 Å². The van der Waals surface area contributed by atoms with Gasteiger partial charge in [-0.15, -0.1) is 11.3 Å². The second-order valence-electron chi connectivity index (χ2n) is 13.4. The molecule has 0 radical (unpaired) electrons. The van der Waals surface area contributed by atoms with Crippen molar-refractivity contribution in [3.05, 3.63) is 39.9 Å². The van der Waals surface area contributed by atoms with Crippen LogP contribution in [0.1, 0.15) is 50.8 Å². The highest BCUT2D eigenvalue weighted by atomic mass is 35.5. The molecular weight excluding hydrogens is 643 g/mol. The van der Waals surface area contributed by atoms with E-state index in [1.165, 1.54) is 0 Å². The number of benzene rings is 1. The number of nitrogens with zero attached hydrogens (tertiary/aromatic N) is 7. The molecule has 0 aliphatic carbocycles. The molecule has 3 aliphatic rings. The minimum atomic E-state index is -0.760. The van der Waals surface area contributed by atoms with Crippen molar-refractivity contribution >= 4 is 61.0 Å². The van der Waals surface area contributed by atoms with Crippen LogP contribution in [0.4, 0.5) is 20.1 Å². The van der Waals surface area contributed by atoms with Crippen molar-refractivity contribution in [1.29, 1.82) is 5.26 Å². The number of anilines is 2. The average Bonchev–Trinajstić information content (AvgIpc) is 3.75. The molecular formula is C33H36ClFN8O3S. The largest absolute Gasteiger partial charge is 0.444 e. The molecule has 47 heavy (non-hydrogen) atoms. The number of hydrogen-bond acceptors (Lipinski definition) is 11. The third kappa shape index (κ3) is 5.66. The Morgan fingerprint density at radius 1 is 1.17 bits per heavy atom. The third-order valence-corrected chi connectivity index (χ3v) is 10.8. The van der Waals surface area contributed by atoms with Gasteiger partial charge in [-0.3, -0.25) is 15.2 Å². The number of thiophene rings is 1. The second kappa shape index (κ2) is 12.1. The second-order valence-corrected chi connectivity index (χ2v) is 14.8. The SMILES string of the molecule is C[C@@H]1[C@H](N2CCN(C)CC2)CCN1c1ncc2c3c(c(-c4ncc(F)c5sc(NC(=O)OC(C)(C)C)c(C#N)c45)c(Cl)c2n1)COC3. The number of amides is 1. The number of halogens is 2. The monoisotopic (exact) mass is 678 g/mol. The lowest BCUT2D eigenvalue weighted by Gasteiger charge is -2.38. The van der Waals surface area contributed by atoms with Crippen molar-refractivity contribution < 1.29 is 18.7 Å². The molecule has 0 unspecified atom stereocenters. The van der Waals surface area contributed by atoms with Gasteiger partial charge in [0.05, 0.1) is 45.9 Å². The predicted octanol–water partition coefficient (Wildman–Crippen LogP) is 6.16. The Morgan fingerprint density at radius 3 is 2.64 bits per heavy atom. The van der Waals surface area contributed by atoms with Crippen LogP contribution < -0.4 is 10.2 Å². The number of nitriles is 1. The van der Waals surface area contributed by atoms with Gasteiger partial charge in [0.1, 0.15) is 16.7 Å². The van der Waals surface area contributed by atoms with Crippen LogP contribution in [0.5, 0.6) is 0 Å². The number of piperazine rings is 1. The number of hydrogen-bond donors (Lipinski definition) is 1. The summed E-state index contributed by atoms with van der Waals surface area (Å²) in [6.45, 7) is 13.1. The summed E-state index contributed by atoms with van der Waals surface area (Å²) in [5.41, 5.74) is 2.40. The summed E-state index contributed by atoms with van der Waals surface area (Å²) in [6, 6.07) is 2.77. The summed E-state index contributed by atoms with van der Waals surface area (Å²) in [7, 11) is 2.16. The molecule has 7 rings (SSSR count). The van der Waals surface area contributed by atoms with Gasteiger partial charge in [-0.05, 0) is 52.3 Å². The van der Waals surface area contributed by atoms with Gasteiger partial charge in [0.15, 0.2) is 5.82 Å². The first-order valence-electron chi connectivity index (χ1n) is 15.7. The van der Waals surface area contributed by atoms with E-state index >= 15 is 4.39 Å². The topological polar surface area (TPSA) is 120 Å². The highest BCUT2D eigenvalue weighted by Gasteiger charge is 2.38. The molecule has 246 valence electrons. The van der Waals surface area contributed by atoms with E-state index in [9.17, 15) is 10.1 Å². The van der Waals surface area contributed by atoms with E-state index in [4.69, 9.17) is 31.0 Å². The zero-order valence-corrected chi connectivity index (χ0v) is 28.6. The predicted molar refractivity (Wildman–Crippen MR) is 180 cm³/mol. The van der Waals surface area contributed by atoms with Gasteiger partial charge < -0.3 is 19.3 Å². The number of ether oxygens (including phenoxy) is 2. The van der Waals surface area contributed by atoms with Crippen LogP contribution in [0.25, 0.3) is 32.2 Å². The van der Waals surface area contributed by atoms with Gasteiger partial charge in [-0.1, -0.05) is 11.6 Å². The van der Waals surface area contributed by atoms with E-state index < -0.39 is 17.5 Å². The number of aromatic nitrogens is 3. The van der Waals surface area contributed by atoms with Crippen molar-refractivity contribution in [2.24, 2.45) is 0 Å². The van der Waals surface area contributed by atoms with Crippen molar-refractivity contribution in [2.45, 2.75) is 65.0 Å². The van der Waals surface area contributed by atoms with Crippen LogP contribution in [0.15, 0.2) is 12.4 Å². The molecule has 1 aromatic carbocycles. The van der Waals surface area contributed by atoms with Crippen molar-refractivity contribution in [2.75, 3.05) is 50.0 Å². The quantitative estimate of drug-likeness (QED) is 0.269. The molecule has 0 spiro atoms. The lowest BCUT2D eigenvalue weighted by Crippen LogP contribution is -2.52. The molecule has 2 fully saturated rings. The number of rotatable bonds is 4. The van der Waals surface area contributed by atoms with Crippen molar-refractivity contribution in [3.63, 3.8) is 0 Å². The lowest BCUT2D eigenvalue weighted by atomic mass is 9.94. The summed E-state index contributed by atoms with van der Waals surface area (Å²) in [5.74, 6) is -0.0162. The number of likely N-dealkylation sites (N-methyl/N-ethyl adjacent to an activating group) is 1. The normalized spacial score (nSPS) is 20.6. The fourth-order valence-electron chi connectivity index (χ4n) is 6.99. The molecule has 0 saturated carbocycles. The first-order chi connectivity index (χ1) is 22.4. The van der Waals surface area contributed by atoms with Gasteiger partial charge in [-0.2, -0.15) is 5.26 Å². The maximum Gasteiger partial charge on any atom is 0.412 e. The minimum Gasteiger partial charge on any atom is -0.444 e. The van der Waals surface area contributed by atoms with E-state index in [2.05, 4.69) is 45.0 Å². The van der Waals surface area contributed by atoms with Gasteiger partial charge in [0.25, 0.3) is 0 Å². The number of carbonyl (C=O) groups is 1. The summed E-state index contributed by atoms with van der Waals surface area (Å²) in [5, 5.41) is 14.5. The van der Waals surface area contributed by atoms with Crippen LogP contribution >= 0.6 is 22.9 Å². The molecule has 1 amide bonds. The van der Waals surface area contributed by atoms with E-state index in [0.717, 1.165) is 73.2 Å². The maximum atomic E-state index is 15.3. The van der Waals surface area contributed by atoms with Crippen molar-refractivity contribution in [3.8, 4) is 17.3 Å². The maximum absolute atomic E-state index is 15.3. The molecule has 6 heterocycles. The lowest BCUT2D eigenvalue weighted by molar-refractivity contribution is 0.0636. The molecule has 4 aromatic rings. The molecule has 1 N–H and O–H groups in total. The summed E-state index contributed by atoms with van der Waals surface area (Å²) >= 11 is 8.21. The summed E-state index contributed by atoms with van der Waals surface area (Å²) < 4.78 is 26.8. The van der Waals surface area contributed by atoms with Gasteiger partial charge in [0, 0.05) is 67.3 Å². The Balaban J connectivity index is 1.33. The Hall–Kier alpha value is -3.67. The van der Waals surface area contributed by atoms with Crippen molar-refractivity contribution in [1.82, 2.24) is 24.8 Å².